The second-order valence-corrected chi connectivity index (χ2v) is 7.24. The molecule has 17 heavy (non-hydrogen) atoms. The van der Waals surface area contributed by atoms with E-state index in [0.717, 1.165) is 28.6 Å². The molecule has 0 heteroatoms. The first-order chi connectivity index (χ1) is 8.24. The van der Waals surface area contributed by atoms with Crippen LogP contribution in [-0.2, 0) is 0 Å². The summed E-state index contributed by atoms with van der Waals surface area (Å²) in [6.07, 6.45) is 13.7. The lowest BCUT2D eigenvalue weighted by molar-refractivity contribution is 0.0299. The molecule has 3 rings (SSSR count). The van der Waals surface area contributed by atoms with Crippen LogP contribution >= 0.6 is 0 Å². The van der Waals surface area contributed by atoms with Crippen molar-refractivity contribution < 1.29 is 0 Å². The van der Waals surface area contributed by atoms with Crippen molar-refractivity contribution in [1.82, 2.24) is 0 Å². The van der Waals surface area contributed by atoms with E-state index in [1.165, 1.54) is 32.1 Å². The largest absolute Gasteiger partial charge is 0.0654 e. The van der Waals surface area contributed by atoms with E-state index >= 15 is 0 Å². The smallest absolute Gasteiger partial charge is 0.0232 e. The Morgan fingerprint density at radius 2 is 1.82 bits per heavy atom. The van der Waals surface area contributed by atoms with Crippen LogP contribution in [0.4, 0.5) is 0 Å². The van der Waals surface area contributed by atoms with E-state index in [1.54, 1.807) is 25.7 Å². The second-order valence-electron chi connectivity index (χ2n) is 7.24. The highest BCUT2D eigenvalue weighted by molar-refractivity contribution is 5.19. The van der Waals surface area contributed by atoms with Crippen LogP contribution in [-0.4, -0.2) is 0 Å². The third kappa shape index (κ3) is 1.42. The van der Waals surface area contributed by atoms with Crippen molar-refractivity contribution in [2.75, 3.05) is 0 Å². The van der Waals surface area contributed by atoms with Crippen LogP contribution in [0.2, 0.25) is 0 Å². The first-order valence-corrected chi connectivity index (χ1v) is 8.24. The zero-order valence-electron chi connectivity index (χ0n) is 12.1. The molecule has 4 atom stereocenters. The van der Waals surface area contributed by atoms with Gasteiger partial charge in [0.05, 0.1) is 0 Å². The van der Waals surface area contributed by atoms with E-state index in [1.807, 2.05) is 0 Å². The maximum absolute atomic E-state index is 2.46. The number of fused-ring (bicyclic) bond motifs is 1. The second kappa shape index (κ2) is 4.00. The highest BCUT2D eigenvalue weighted by atomic mass is 14.7. The molecular weight excluding hydrogens is 204 g/mol. The Labute approximate surface area is 108 Å². The summed E-state index contributed by atoms with van der Waals surface area (Å²) >= 11 is 0. The lowest BCUT2D eigenvalue weighted by Crippen LogP contribution is -2.37. The summed E-state index contributed by atoms with van der Waals surface area (Å²) in [7, 11) is 0. The summed E-state index contributed by atoms with van der Waals surface area (Å²) in [6, 6.07) is 0. The van der Waals surface area contributed by atoms with Gasteiger partial charge in [0, 0.05) is 0 Å². The van der Waals surface area contributed by atoms with Gasteiger partial charge >= 0.3 is 0 Å². The first kappa shape index (κ1) is 12.1. The Hall–Kier alpha value is 0. The topological polar surface area (TPSA) is 0 Å². The Morgan fingerprint density at radius 3 is 2.29 bits per heavy atom. The average molecular weight is 234 g/mol. The number of hydrogen-bond acceptors (Lipinski definition) is 0. The van der Waals surface area contributed by atoms with Gasteiger partial charge in [0.15, 0.2) is 0 Å². The third-order valence-corrected chi connectivity index (χ3v) is 7.08. The Kier molecular flexibility index (Phi) is 2.84. The van der Waals surface area contributed by atoms with Crippen LogP contribution in [0.1, 0.15) is 78.6 Å². The summed E-state index contributed by atoms with van der Waals surface area (Å²) in [5.41, 5.74) is 1.65. The van der Waals surface area contributed by atoms with Crippen molar-refractivity contribution in [2.24, 2.45) is 28.6 Å². The molecule has 0 amide bonds. The third-order valence-electron chi connectivity index (χ3n) is 7.08. The summed E-state index contributed by atoms with van der Waals surface area (Å²) in [5, 5.41) is 0. The van der Waals surface area contributed by atoms with Crippen molar-refractivity contribution >= 4 is 0 Å². The molecule has 3 aliphatic rings. The lowest BCUT2D eigenvalue weighted by Gasteiger charge is -2.47. The van der Waals surface area contributed by atoms with Crippen LogP contribution in [0.5, 0.6) is 0 Å². The molecule has 0 nitrogen and oxygen atoms in total. The van der Waals surface area contributed by atoms with Crippen LogP contribution in [0.25, 0.3) is 0 Å². The fourth-order valence-electron chi connectivity index (χ4n) is 6.16. The van der Waals surface area contributed by atoms with Crippen LogP contribution in [0.3, 0.4) is 0 Å². The molecule has 0 aromatic heterocycles. The zero-order valence-corrected chi connectivity index (χ0v) is 12.1. The van der Waals surface area contributed by atoms with Crippen molar-refractivity contribution in [3.8, 4) is 0 Å². The predicted molar refractivity (Wildman–Crippen MR) is 73.9 cm³/mol. The fourth-order valence-corrected chi connectivity index (χ4v) is 6.16. The van der Waals surface area contributed by atoms with Gasteiger partial charge in [-0.15, -0.1) is 0 Å². The molecule has 0 aromatic rings. The normalized spacial score (nSPS) is 46.4. The molecule has 4 unspecified atom stereocenters. The Morgan fingerprint density at radius 1 is 1.06 bits per heavy atom. The first-order valence-electron chi connectivity index (χ1n) is 8.24. The molecule has 0 bridgehead atoms. The van der Waals surface area contributed by atoms with Gasteiger partial charge in [0.2, 0.25) is 0 Å². The summed E-state index contributed by atoms with van der Waals surface area (Å²) in [5.74, 6) is 3.38. The molecule has 0 aliphatic heterocycles. The molecule has 0 N–H and O–H groups in total. The maximum atomic E-state index is 2.46. The van der Waals surface area contributed by atoms with Gasteiger partial charge in [-0.1, -0.05) is 46.5 Å². The number of rotatable bonds is 5. The van der Waals surface area contributed by atoms with Gasteiger partial charge in [-0.2, -0.15) is 0 Å². The molecule has 98 valence electrons. The fraction of sp³-hybridized carbons (Fsp3) is 1.00. The standard InChI is InChI=1S/C17H30/c1-4-9-17-12-8-14(15(17)13(17)5-2)16(6-3)10-7-11-16/h13-15H,4-12H2,1-3H3. The molecule has 0 radical (unpaired) electrons. The van der Waals surface area contributed by atoms with E-state index < -0.39 is 0 Å². The highest BCUT2D eigenvalue weighted by Gasteiger charge is 2.71. The van der Waals surface area contributed by atoms with Gasteiger partial charge in [-0.05, 0) is 60.7 Å². The Bertz CT molecular complexity index is 283. The molecule has 3 fully saturated rings. The van der Waals surface area contributed by atoms with E-state index in [0.29, 0.717) is 0 Å². The summed E-state index contributed by atoms with van der Waals surface area (Å²) in [4.78, 5) is 0. The summed E-state index contributed by atoms with van der Waals surface area (Å²) < 4.78 is 0. The quantitative estimate of drug-likeness (QED) is 0.596. The molecular formula is C17H30. The average Bonchev–Trinajstić information content (AvgIpc) is 2.75. The maximum Gasteiger partial charge on any atom is -0.0232 e. The molecule has 0 heterocycles. The minimum atomic E-state index is 0.810. The highest BCUT2D eigenvalue weighted by Crippen LogP contribution is 2.78. The van der Waals surface area contributed by atoms with Gasteiger partial charge in [0.1, 0.15) is 0 Å². The van der Waals surface area contributed by atoms with E-state index in [4.69, 9.17) is 0 Å². The van der Waals surface area contributed by atoms with Crippen molar-refractivity contribution in [1.29, 1.82) is 0 Å². The van der Waals surface area contributed by atoms with Gasteiger partial charge in [0.25, 0.3) is 0 Å². The van der Waals surface area contributed by atoms with E-state index in [2.05, 4.69) is 20.8 Å². The van der Waals surface area contributed by atoms with Crippen LogP contribution in [0.15, 0.2) is 0 Å². The molecule has 3 saturated carbocycles. The minimum Gasteiger partial charge on any atom is -0.0654 e. The zero-order chi connectivity index (χ0) is 12.1. The van der Waals surface area contributed by atoms with Crippen LogP contribution < -0.4 is 0 Å². The van der Waals surface area contributed by atoms with Gasteiger partial charge in [-0.25, -0.2) is 0 Å². The molecule has 0 saturated heterocycles. The Balaban J connectivity index is 1.78. The van der Waals surface area contributed by atoms with E-state index in [-0.39, 0.29) is 0 Å². The van der Waals surface area contributed by atoms with E-state index in [9.17, 15) is 0 Å². The van der Waals surface area contributed by atoms with Gasteiger partial charge in [-0.3, -0.25) is 0 Å². The van der Waals surface area contributed by atoms with Crippen molar-refractivity contribution in [3.05, 3.63) is 0 Å². The molecule has 3 aliphatic carbocycles. The van der Waals surface area contributed by atoms with Crippen molar-refractivity contribution in [2.45, 2.75) is 78.6 Å². The minimum absolute atomic E-state index is 0.810. The lowest BCUT2D eigenvalue weighted by atomic mass is 9.58. The predicted octanol–water partition coefficient (Wildman–Crippen LogP) is 5.42. The monoisotopic (exact) mass is 234 g/mol. The van der Waals surface area contributed by atoms with Crippen molar-refractivity contribution in [3.63, 3.8) is 0 Å². The number of hydrogen-bond donors (Lipinski definition) is 0. The SMILES string of the molecule is CCCC12CCC(C3(CC)CCC3)C1C2CC. The molecule has 0 spiro atoms. The molecule has 0 aromatic carbocycles. The van der Waals surface area contributed by atoms with Gasteiger partial charge < -0.3 is 0 Å². The summed E-state index contributed by atoms with van der Waals surface area (Å²) in [6.45, 7) is 7.29. The van der Waals surface area contributed by atoms with Crippen LogP contribution in [0, 0.1) is 28.6 Å².